The van der Waals surface area contributed by atoms with E-state index in [-0.39, 0.29) is 18.4 Å². The molecule has 138 valence electrons. The Morgan fingerprint density at radius 2 is 1.92 bits per heavy atom. The van der Waals surface area contributed by atoms with Gasteiger partial charge in [0.2, 0.25) is 11.8 Å². The highest BCUT2D eigenvalue weighted by atomic mass is 16.5. The zero-order valence-electron chi connectivity index (χ0n) is 15.5. The summed E-state index contributed by atoms with van der Waals surface area (Å²) < 4.78 is 5.56. The number of carbonyl (C=O) groups is 2. The highest BCUT2D eigenvalue weighted by Gasteiger charge is 2.10. The SMILES string of the molecule is CCCOc1ncccc1CNC(=O)CNC(=O)c1ccc(C)c(C)c1. The Morgan fingerprint density at radius 1 is 1.12 bits per heavy atom. The second-order valence-corrected chi connectivity index (χ2v) is 6.07. The maximum absolute atomic E-state index is 12.1. The molecule has 0 fully saturated rings. The molecule has 1 aromatic carbocycles. The number of benzene rings is 1. The van der Waals surface area contributed by atoms with Gasteiger partial charge in [0.05, 0.1) is 13.2 Å². The minimum absolute atomic E-state index is 0.0861. The predicted molar refractivity (Wildman–Crippen MR) is 100 cm³/mol. The molecule has 0 radical (unpaired) electrons. The van der Waals surface area contributed by atoms with Gasteiger partial charge in [-0.2, -0.15) is 0 Å². The number of hydrogen-bond acceptors (Lipinski definition) is 4. The van der Waals surface area contributed by atoms with Crippen molar-refractivity contribution in [3.05, 3.63) is 58.8 Å². The fourth-order valence-electron chi connectivity index (χ4n) is 2.29. The Morgan fingerprint density at radius 3 is 2.65 bits per heavy atom. The van der Waals surface area contributed by atoms with Gasteiger partial charge in [0.15, 0.2) is 0 Å². The summed E-state index contributed by atoms with van der Waals surface area (Å²) in [5.74, 6) is -0.0158. The summed E-state index contributed by atoms with van der Waals surface area (Å²) in [4.78, 5) is 28.3. The Labute approximate surface area is 154 Å². The van der Waals surface area contributed by atoms with Crippen LogP contribution in [0.25, 0.3) is 0 Å². The first-order valence-corrected chi connectivity index (χ1v) is 8.70. The van der Waals surface area contributed by atoms with Crippen molar-refractivity contribution >= 4 is 11.8 Å². The predicted octanol–water partition coefficient (Wildman–Crippen LogP) is 2.53. The summed E-state index contributed by atoms with van der Waals surface area (Å²) >= 11 is 0. The average Bonchev–Trinajstić information content (AvgIpc) is 2.65. The van der Waals surface area contributed by atoms with Crippen LogP contribution in [0.5, 0.6) is 5.88 Å². The number of nitrogens with zero attached hydrogens (tertiary/aromatic N) is 1. The van der Waals surface area contributed by atoms with Crippen LogP contribution >= 0.6 is 0 Å². The lowest BCUT2D eigenvalue weighted by atomic mass is 10.1. The molecule has 6 heteroatoms. The van der Waals surface area contributed by atoms with Gasteiger partial charge in [0.25, 0.3) is 5.91 Å². The van der Waals surface area contributed by atoms with Gasteiger partial charge in [-0.1, -0.05) is 19.1 Å². The van der Waals surface area contributed by atoms with E-state index in [1.165, 1.54) is 0 Å². The molecule has 0 aliphatic heterocycles. The van der Waals surface area contributed by atoms with Crippen molar-refractivity contribution in [3.63, 3.8) is 0 Å². The number of aryl methyl sites for hydroxylation is 2. The Hall–Kier alpha value is -2.89. The van der Waals surface area contributed by atoms with Crippen LogP contribution in [0.3, 0.4) is 0 Å². The van der Waals surface area contributed by atoms with Crippen LogP contribution in [0.4, 0.5) is 0 Å². The topological polar surface area (TPSA) is 80.3 Å². The number of ether oxygens (including phenoxy) is 1. The zero-order chi connectivity index (χ0) is 18.9. The molecule has 2 N–H and O–H groups in total. The first-order chi connectivity index (χ1) is 12.5. The van der Waals surface area contributed by atoms with Gasteiger partial charge in [0, 0.05) is 23.9 Å². The van der Waals surface area contributed by atoms with Crippen LogP contribution < -0.4 is 15.4 Å². The molecule has 2 aromatic rings. The molecule has 0 spiro atoms. The number of rotatable bonds is 8. The van der Waals surface area contributed by atoms with Crippen molar-refractivity contribution in [1.29, 1.82) is 0 Å². The smallest absolute Gasteiger partial charge is 0.251 e. The van der Waals surface area contributed by atoms with Gasteiger partial charge in [0.1, 0.15) is 0 Å². The lowest BCUT2D eigenvalue weighted by Crippen LogP contribution is -2.36. The van der Waals surface area contributed by atoms with Crippen LogP contribution in [0.1, 0.15) is 40.4 Å². The van der Waals surface area contributed by atoms with Crippen LogP contribution in [0, 0.1) is 13.8 Å². The lowest BCUT2D eigenvalue weighted by Gasteiger charge is -2.11. The first-order valence-electron chi connectivity index (χ1n) is 8.70. The van der Waals surface area contributed by atoms with Crippen LogP contribution in [-0.2, 0) is 11.3 Å². The van der Waals surface area contributed by atoms with E-state index in [0.717, 1.165) is 23.1 Å². The van der Waals surface area contributed by atoms with Crippen LogP contribution in [-0.4, -0.2) is 29.9 Å². The number of nitrogens with one attached hydrogen (secondary N) is 2. The molecule has 6 nitrogen and oxygen atoms in total. The molecular weight excluding hydrogens is 330 g/mol. The van der Waals surface area contributed by atoms with Gasteiger partial charge >= 0.3 is 0 Å². The molecule has 0 aliphatic carbocycles. The van der Waals surface area contributed by atoms with Crippen molar-refractivity contribution < 1.29 is 14.3 Å². The largest absolute Gasteiger partial charge is 0.477 e. The van der Waals surface area contributed by atoms with Gasteiger partial charge in [-0.05, 0) is 49.6 Å². The molecule has 0 unspecified atom stereocenters. The van der Waals surface area contributed by atoms with Crippen LogP contribution in [0.2, 0.25) is 0 Å². The van der Waals surface area contributed by atoms with Crippen LogP contribution in [0.15, 0.2) is 36.5 Å². The maximum atomic E-state index is 12.1. The van der Waals surface area contributed by atoms with E-state index in [4.69, 9.17) is 4.74 Å². The van der Waals surface area contributed by atoms with E-state index in [2.05, 4.69) is 15.6 Å². The van der Waals surface area contributed by atoms with Crippen molar-refractivity contribution in [3.8, 4) is 5.88 Å². The van der Waals surface area contributed by atoms with Crippen molar-refractivity contribution in [2.75, 3.05) is 13.2 Å². The average molecular weight is 355 g/mol. The van der Waals surface area contributed by atoms with Gasteiger partial charge in [-0.25, -0.2) is 4.98 Å². The molecule has 0 saturated heterocycles. The molecule has 1 heterocycles. The number of aromatic nitrogens is 1. The molecule has 2 amide bonds. The number of carbonyl (C=O) groups excluding carboxylic acids is 2. The summed E-state index contributed by atoms with van der Waals surface area (Å²) in [7, 11) is 0. The third-order valence-corrected chi connectivity index (χ3v) is 3.95. The van der Waals surface area contributed by atoms with Gasteiger partial charge in [-0.15, -0.1) is 0 Å². The van der Waals surface area contributed by atoms with E-state index >= 15 is 0 Å². The Balaban J connectivity index is 1.84. The molecule has 2 rings (SSSR count). The fraction of sp³-hybridized carbons (Fsp3) is 0.350. The Kier molecular flexibility index (Phi) is 7.14. The van der Waals surface area contributed by atoms with E-state index in [0.29, 0.717) is 24.6 Å². The van der Waals surface area contributed by atoms with E-state index in [1.54, 1.807) is 18.3 Å². The Bertz CT molecular complexity index is 775. The van der Waals surface area contributed by atoms with Gasteiger partial charge < -0.3 is 15.4 Å². The molecular formula is C20H25N3O3. The summed E-state index contributed by atoms with van der Waals surface area (Å²) in [6, 6.07) is 9.11. The summed E-state index contributed by atoms with van der Waals surface area (Å²) in [5, 5.41) is 5.40. The normalized spacial score (nSPS) is 10.3. The zero-order valence-corrected chi connectivity index (χ0v) is 15.5. The second kappa shape index (κ2) is 9.56. The third kappa shape index (κ3) is 5.58. The van der Waals surface area contributed by atoms with E-state index in [9.17, 15) is 9.59 Å². The molecule has 0 atom stereocenters. The number of amides is 2. The first kappa shape index (κ1) is 19.4. The number of hydrogen-bond donors (Lipinski definition) is 2. The monoisotopic (exact) mass is 355 g/mol. The third-order valence-electron chi connectivity index (χ3n) is 3.95. The summed E-state index contributed by atoms with van der Waals surface area (Å²) in [6.07, 6.45) is 2.53. The quantitative estimate of drug-likeness (QED) is 0.762. The molecule has 0 bridgehead atoms. The van der Waals surface area contributed by atoms with E-state index in [1.807, 2.05) is 39.0 Å². The van der Waals surface area contributed by atoms with Crippen molar-refractivity contribution in [2.24, 2.45) is 0 Å². The number of pyridine rings is 1. The standard InChI is InChI=1S/C20H25N3O3/c1-4-10-26-20-17(6-5-9-21-20)12-22-18(24)13-23-19(25)16-8-7-14(2)15(3)11-16/h5-9,11H,4,10,12-13H2,1-3H3,(H,22,24)(H,23,25). The van der Waals surface area contributed by atoms with E-state index < -0.39 is 0 Å². The lowest BCUT2D eigenvalue weighted by molar-refractivity contribution is -0.120. The summed E-state index contributed by atoms with van der Waals surface area (Å²) in [5.41, 5.74) is 3.51. The minimum atomic E-state index is -0.271. The fourth-order valence-corrected chi connectivity index (χ4v) is 2.29. The molecule has 1 aromatic heterocycles. The molecule has 0 aliphatic rings. The van der Waals surface area contributed by atoms with Crippen molar-refractivity contribution in [2.45, 2.75) is 33.7 Å². The highest BCUT2D eigenvalue weighted by molar-refractivity contribution is 5.96. The summed E-state index contributed by atoms with van der Waals surface area (Å²) in [6.45, 7) is 6.74. The molecule has 26 heavy (non-hydrogen) atoms. The molecule has 0 saturated carbocycles. The second-order valence-electron chi connectivity index (χ2n) is 6.07. The maximum Gasteiger partial charge on any atom is 0.251 e. The van der Waals surface area contributed by atoms with Gasteiger partial charge in [-0.3, -0.25) is 9.59 Å². The van der Waals surface area contributed by atoms with Crippen molar-refractivity contribution in [1.82, 2.24) is 15.6 Å². The minimum Gasteiger partial charge on any atom is -0.477 e. The highest BCUT2D eigenvalue weighted by Crippen LogP contribution is 2.14.